The van der Waals surface area contributed by atoms with Gasteiger partial charge in [-0.3, -0.25) is 76.9 Å². The van der Waals surface area contributed by atoms with Crippen molar-refractivity contribution in [1.29, 1.82) is 0 Å². The van der Waals surface area contributed by atoms with Gasteiger partial charge in [-0.1, -0.05) is 34.1 Å². The molecule has 566 valence electrons. The number of nitrogens with zero attached hydrogens (tertiary/aromatic N) is 2. The minimum absolute atomic E-state index is 0.0129. The smallest absolute Gasteiger partial charge is 0.321 e. The second-order valence-corrected chi connectivity index (χ2v) is 19.6. The van der Waals surface area contributed by atoms with Crippen molar-refractivity contribution >= 4 is 108 Å². The van der Waals surface area contributed by atoms with Gasteiger partial charge in [0.1, 0.15) is 60.4 Å². The summed E-state index contributed by atoms with van der Waals surface area (Å²) in [7, 11) is 0. The van der Waals surface area contributed by atoms with Crippen molar-refractivity contribution in [2.24, 2.45) is 103 Å². The Morgan fingerprint density at radius 3 is 1.03 bits per heavy atom. The van der Waals surface area contributed by atoms with Crippen molar-refractivity contribution in [3.8, 4) is 0 Å². The van der Waals surface area contributed by atoms with Gasteiger partial charge in [0.15, 0.2) is 5.96 Å². The number of aliphatic imine (C=N–C) groups is 1. The van der Waals surface area contributed by atoms with E-state index in [1.54, 1.807) is 6.20 Å². The Morgan fingerprint density at radius 1 is 0.474 bits per heavy atom. The molecule has 46 nitrogen and oxygen atoms in total. The van der Waals surface area contributed by atoms with Crippen LogP contribution in [0.3, 0.4) is 0 Å². The first-order chi connectivity index (χ1) is 44.1. The van der Waals surface area contributed by atoms with Crippen molar-refractivity contribution in [2.75, 3.05) is 18.8 Å². The molecule has 0 aliphatic carbocycles. The molecule has 0 spiro atoms. The van der Waals surface area contributed by atoms with Crippen LogP contribution in [0.2, 0.25) is 0 Å². The number of imidazole rings is 1. The van der Waals surface area contributed by atoms with Crippen LogP contribution in [0.15, 0.2) is 17.5 Å². The first kappa shape index (κ1) is 109. The van der Waals surface area contributed by atoms with Gasteiger partial charge in [0.25, 0.3) is 0 Å². The number of carboxylic acids is 13. The van der Waals surface area contributed by atoms with Gasteiger partial charge in [0.2, 0.25) is 11.8 Å². The van der Waals surface area contributed by atoms with Gasteiger partial charge < -0.3 is 157 Å². The van der Waals surface area contributed by atoms with Crippen LogP contribution >= 0.6 is 12.6 Å². The van der Waals surface area contributed by atoms with E-state index in [0.29, 0.717) is 31.7 Å². The number of nitrogens with two attached hydrogens (primary N) is 15. The van der Waals surface area contributed by atoms with Gasteiger partial charge in [-0.05, 0) is 50.9 Å². The van der Waals surface area contributed by atoms with Crippen LogP contribution in [-0.4, -0.2) is 251 Å². The van der Waals surface area contributed by atoms with Gasteiger partial charge in [-0.25, -0.2) is 4.98 Å². The van der Waals surface area contributed by atoms with Gasteiger partial charge >= 0.3 is 77.6 Å². The lowest BCUT2D eigenvalue weighted by molar-refractivity contribution is -0.144. The largest absolute Gasteiger partial charge is 0.481 e. The fourth-order valence-electron chi connectivity index (χ4n) is 3.95. The highest BCUT2D eigenvalue weighted by Crippen LogP contribution is 2.05. The summed E-state index contributed by atoms with van der Waals surface area (Å²) in [5, 5.41) is 106. The number of carbonyl (C=O) groups excluding carboxylic acids is 2. The minimum atomic E-state index is -1.29. The fourth-order valence-corrected chi connectivity index (χ4v) is 4.11. The second-order valence-electron chi connectivity index (χ2n) is 19.3. The molecule has 97 heavy (non-hydrogen) atoms. The van der Waals surface area contributed by atoms with Gasteiger partial charge in [-0.2, -0.15) is 12.6 Å². The standard InChI is InChI=1S/C6H14N4O2.C6H9N3O2.2C6H13NO2.C5H10N2O3.C5H9NO4.C4H8N2O3.C4H7NO4.C3H7NO2S.C3H7NO2.C2H5NO2/c7-4(5(11)12)2-1-3-10-6(8)9;7-5(6(10)11)1-4-2-8-3-9-4;1-4(2)3-5(7)6(8)9;1-3-4(2)5(7)6(8)9;2*6-3(5(9)10)1-2-4(7)8;2*5-2(4(8)9)1-3(6)7;4-2(1-7)3(5)6;1-2(4)3(5)6;3-1-2(4)5/h4H,1-3,7H2,(H,11,12)(H4,8,9,10);2-3,5H,1,7H2,(H,8,9)(H,10,11);2*4-5H,3,7H2,1-2H3,(H,8,9);3H,1-2,6H2,(H2,7,8)(H,9,10);3H,1-2,6H2,(H,7,8)(H,9,10);2H,1,5H2,(H2,6,7)(H,8,9);2H,1,5H2,(H,6,7)(H,8,9);2,7H,1,4H2,(H,5,6);2H,4H2,1H3,(H,5,6);1,3H2,(H,4,5)/t4-;2*5-;4-,5-;2*3-;4*2-;/m0000000000./s1. The summed E-state index contributed by atoms with van der Waals surface area (Å²) in [6.07, 6.45) is 4.71. The Hall–Kier alpha value is -9.56. The van der Waals surface area contributed by atoms with Crippen molar-refractivity contribution in [3.05, 3.63) is 18.2 Å². The van der Waals surface area contributed by atoms with E-state index in [1.165, 1.54) is 13.3 Å². The number of carboxylic acid groups (broad SMARTS) is 13. The van der Waals surface area contributed by atoms with E-state index in [0.717, 1.165) is 12.1 Å². The number of nitrogens with one attached hydrogen (secondary N) is 1. The molecule has 0 fully saturated rings. The molecule has 11 atom stereocenters. The molecular weight excluding hydrogens is 1330 g/mol. The molecule has 0 unspecified atom stereocenters. The number of hydrogen-bond donors (Lipinski definition) is 30. The molecule has 0 aromatic carbocycles. The number of primary amides is 2. The topological polar surface area (TPSA) is 950 Å². The van der Waals surface area contributed by atoms with Gasteiger partial charge in [-0.15, -0.1) is 0 Å². The number of carbonyl (C=O) groups is 15. The zero-order valence-electron chi connectivity index (χ0n) is 53.9. The lowest BCUT2D eigenvalue weighted by Crippen LogP contribution is -2.36. The van der Waals surface area contributed by atoms with Crippen LogP contribution < -0.4 is 86.0 Å². The van der Waals surface area contributed by atoms with Crippen molar-refractivity contribution < 1.29 is 138 Å². The molecular formula is C50H102N18O28S. The number of aromatic amines is 1. The molecule has 47 heteroatoms. The molecule has 1 aromatic heterocycles. The molecule has 2 amide bonds. The molecule has 1 heterocycles. The molecule has 1 aromatic rings. The van der Waals surface area contributed by atoms with E-state index in [-0.39, 0.29) is 62.7 Å². The highest BCUT2D eigenvalue weighted by atomic mass is 32.1. The lowest BCUT2D eigenvalue weighted by Gasteiger charge is -2.11. The molecule has 0 aliphatic heterocycles. The monoisotopic (exact) mass is 1430 g/mol. The number of hydrogen-bond acceptors (Lipinski definition) is 29. The van der Waals surface area contributed by atoms with Crippen LogP contribution in [0.25, 0.3) is 0 Å². The predicted molar refractivity (Wildman–Crippen MR) is 345 cm³/mol. The Labute approximate surface area is 560 Å². The van der Waals surface area contributed by atoms with Crippen LogP contribution in [-0.2, 0) is 78.3 Å². The summed E-state index contributed by atoms with van der Waals surface area (Å²) in [5.41, 5.74) is 75.4. The van der Waals surface area contributed by atoms with E-state index < -0.39 is 156 Å². The number of thiol groups is 1. The van der Waals surface area contributed by atoms with Crippen molar-refractivity contribution in [3.63, 3.8) is 0 Å². The maximum absolute atomic E-state index is 10.3. The molecule has 0 bridgehead atoms. The molecule has 44 N–H and O–H groups in total. The highest BCUT2D eigenvalue weighted by molar-refractivity contribution is 7.80. The Balaban J connectivity index is -0.000000108. The first-order valence-electron chi connectivity index (χ1n) is 27.5. The van der Waals surface area contributed by atoms with Crippen LogP contribution in [0.5, 0.6) is 0 Å². The fraction of sp³-hybridized carbons (Fsp3) is 0.620. The van der Waals surface area contributed by atoms with Gasteiger partial charge in [0.05, 0.1) is 25.7 Å². The number of guanidine groups is 1. The maximum Gasteiger partial charge on any atom is 0.321 e. The average Bonchev–Trinajstić information content (AvgIpc) is 3.47. The molecule has 0 aliphatic rings. The van der Waals surface area contributed by atoms with E-state index in [4.69, 9.17) is 141 Å². The quantitative estimate of drug-likeness (QED) is 0.0138. The zero-order valence-corrected chi connectivity index (χ0v) is 54.8. The summed E-state index contributed by atoms with van der Waals surface area (Å²) >= 11 is 3.65. The summed E-state index contributed by atoms with van der Waals surface area (Å²) in [5.74, 6) is -14.4. The minimum Gasteiger partial charge on any atom is -0.481 e. The van der Waals surface area contributed by atoms with E-state index in [2.05, 4.69) is 39.1 Å². The SMILES string of the molecule is CC(C)C[C@H](N)C(=O)O.CC[C@H](C)[C@H](N)C(=O)O.C[C@H](N)C(=O)O.NC(=O)CC[C@H](N)C(=O)O.NC(=O)C[C@H](N)C(=O)O.NC(N)=NCCC[C@H](N)C(=O)O.NCC(=O)O.N[C@@H](CC(=O)O)C(=O)O.N[C@@H](CCC(=O)O)C(=O)O.N[C@@H](CS)C(=O)O.N[C@@H](Cc1cnc[nH]1)C(=O)O. The Morgan fingerprint density at radius 2 is 0.835 bits per heavy atom. The third-order valence-corrected chi connectivity index (χ3v) is 10.1. The first-order valence-corrected chi connectivity index (χ1v) is 28.1. The highest BCUT2D eigenvalue weighted by Gasteiger charge is 2.19. The third-order valence-electron chi connectivity index (χ3n) is 9.71. The number of H-pyrrole nitrogens is 1. The summed E-state index contributed by atoms with van der Waals surface area (Å²) < 4.78 is 0. The number of aliphatic carboxylic acids is 13. The summed E-state index contributed by atoms with van der Waals surface area (Å²) in [6.45, 7) is 9.21. The summed E-state index contributed by atoms with van der Waals surface area (Å²) in [4.78, 5) is 159. The Bertz CT molecular complexity index is 2400. The lowest BCUT2D eigenvalue weighted by atomic mass is 10.0. The number of aromatic nitrogens is 2. The van der Waals surface area contributed by atoms with Crippen LogP contribution in [0.1, 0.15) is 105 Å². The van der Waals surface area contributed by atoms with Crippen molar-refractivity contribution in [1.82, 2.24) is 9.97 Å². The second kappa shape index (κ2) is 67.8. The van der Waals surface area contributed by atoms with Crippen LogP contribution in [0.4, 0.5) is 0 Å². The molecule has 0 saturated carbocycles. The maximum atomic E-state index is 10.3. The average molecular weight is 1440 g/mol. The normalized spacial score (nSPS) is 12.9. The van der Waals surface area contributed by atoms with Gasteiger partial charge in [0, 0.05) is 43.5 Å². The Kier molecular flexibility index (Phi) is 76.2. The van der Waals surface area contributed by atoms with E-state index >= 15 is 0 Å². The predicted octanol–water partition coefficient (Wildman–Crippen LogP) is -8.45. The van der Waals surface area contributed by atoms with Crippen LogP contribution in [0, 0.1) is 11.8 Å². The molecule has 0 radical (unpaired) electrons. The number of amides is 2. The van der Waals surface area contributed by atoms with E-state index in [1.807, 2.05) is 27.7 Å². The van der Waals surface area contributed by atoms with E-state index in [9.17, 15) is 71.9 Å². The summed E-state index contributed by atoms with van der Waals surface area (Å²) in [6, 6.07) is -9.10. The molecule has 0 saturated heterocycles. The van der Waals surface area contributed by atoms with Crippen molar-refractivity contribution in [2.45, 2.75) is 166 Å². The molecule has 1 rings (SSSR count). The number of rotatable bonds is 32. The third kappa shape index (κ3) is 95.3. The zero-order chi connectivity index (χ0) is 79.2.